The average molecular weight is 257 g/mol. The number of carbonyl (C=O) groups excluding carboxylic acids is 2. The number of carbonyl (C=O) groups is 2. The molecule has 2 aliphatic carbocycles. The van der Waals surface area contributed by atoms with Gasteiger partial charge in [0.2, 0.25) is 0 Å². The number of Topliss-reactive ketones (excluding diaryl/α,β-unsaturated/α-hetero) is 2. The Morgan fingerprint density at radius 2 is 1.58 bits per heavy atom. The van der Waals surface area contributed by atoms with E-state index in [4.69, 9.17) is 0 Å². The monoisotopic (exact) mass is 257 g/mol. The Labute approximate surface area is 109 Å². The Bertz CT molecular complexity index is 632. The molecule has 5 nitrogen and oxygen atoms in total. The molecule has 0 bridgehead atoms. The number of nitrogens with zero attached hydrogens (tertiary/aromatic N) is 1. The van der Waals surface area contributed by atoms with Gasteiger partial charge in [0.25, 0.3) is 5.69 Å². The highest BCUT2D eigenvalue weighted by Crippen LogP contribution is 2.38. The molecule has 19 heavy (non-hydrogen) atoms. The number of rotatable bonds is 1. The highest BCUT2D eigenvalue weighted by molar-refractivity contribution is 6.16. The SMILES string of the molecule is O=C1c2ccc([N+](=O)[O-])cc2C(=O)C2CC=CCC12. The normalized spacial score (nSPS) is 24.8. The van der Waals surface area contributed by atoms with Gasteiger partial charge >= 0.3 is 0 Å². The minimum Gasteiger partial charge on any atom is -0.294 e. The molecule has 2 aliphatic rings. The van der Waals surface area contributed by atoms with Crippen molar-refractivity contribution in [2.24, 2.45) is 11.8 Å². The number of nitro groups is 1. The summed E-state index contributed by atoms with van der Waals surface area (Å²) in [5.74, 6) is -0.870. The van der Waals surface area contributed by atoms with Gasteiger partial charge in [-0.15, -0.1) is 0 Å². The van der Waals surface area contributed by atoms with E-state index in [1.807, 2.05) is 12.2 Å². The molecule has 0 radical (unpaired) electrons. The summed E-state index contributed by atoms with van der Waals surface area (Å²) in [5, 5.41) is 10.8. The van der Waals surface area contributed by atoms with E-state index >= 15 is 0 Å². The van der Waals surface area contributed by atoms with Gasteiger partial charge in [-0.05, 0) is 18.9 Å². The summed E-state index contributed by atoms with van der Waals surface area (Å²) in [7, 11) is 0. The minimum absolute atomic E-state index is 0.0705. The number of ketones is 2. The van der Waals surface area contributed by atoms with Crippen LogP contribution in [0.1, 0.15) is 33.6 Å². The molecular weight excluding hydrogens is 246 g/mol. The van der Waals surface area contributed by atoms with Crippen LogP contribution in [0.25, 0.3) is 0 Å². The van der Waals surface area contributed by atoms with Crippen LogP contribution >= 0.6 is 0 Å². The molecule has 2 unspecified atom stereocenters. The first-order valence-electron chi connectivity index (χ1n) is 6.11. The zero-order valence-electron chi connectivity index (χ0n) is 10.0. The summed E-state index contributed by atoms with van der Waals surface area (Å²) < 4.78 is 0. The molecule has 0 saturated carbocycles. The molecular formula is C14H11NO4. The van der Waals surface area contributed by atoms with Gasteiger partial charge < -0.3 is 0 Å². The summed E-state index contributed by atoms with van der Waals surface area (Å²) >= 11 is 0. The van der Waals surface area contributed by atoms with Gasteiger partial charge in [0, 0.05) is 35.1 Å². The lowest BCUT2D eigenvalue weighted by Crippen LogP contribution is -2.37. The fourth-order valence-corrected chi connectivity index (χ4v) is 2.86. The lowest BCUT2D eigenvalue weighted by Gasteiger charge is -2.31. The molecule has 2 atom stereocenters. The number of hydrogen-bond acceptors (Lipinski definition) is 4. The van der Waals surface area contributed by atoms with Crippen LogP contribution in [-0.4, -0.2) is 16.5 Å². The second kappa shape index (κ2) is 4.12. The fraction of sp³-hybridized carbons (Fsp3) is 0.286. The lowest BCUT2D eigenvalue weighted by molar-refractivity contribution is -0.384. The first-order valence-corrected chi connectivity index (χ1v) is 6.11. The van der Waals surface area contributed by atoms with E-state index in [-0.39, 0.29) is 34.7 Å². The predicted molar refractivity (Wildman–Crippen MR) is 67.1 cm³/mol. The Hall–Kier alpha value is -2.30. The maximum Gasteiger partial charge on any atom is 0.270 e. The Morgan fingerprint density at radius 1 is 1.00 bits per heavy atom. The second-order valence-corrected chi connectivity index (χ2v) is 4.87. The molecule has 0 fully saturated rings. The fourth-order valence-electron chi connectivity index (χ4n) is 2.86. The molecule has 1 aromatic rings. The van der Waals surface area contributed by atoms with Crippen molar-refractivity contribution in [2.75, 3.05) is 0 Å². The number of non-ortho nitro benzene ring substituents is 1. The molecule has 0 amide bonds. The first-order chi connectivity index (χ1) is 9.09. The van der Waals surface area contributed by atoms with Gasteiger partial charge in [0.15, 0.2) is 11.6 Å². The molecule has 0 saturated heterocycles. The summed E-state index contributed by atoms with van der Waals surface area (Å²) in [6.45, 7) is 0. The van der Waals surface area contributed by atoms with Crippen LogP contribution in [-0.2, 0) is 0 Å². The van der Waals surface area contributed by atoms with Crippen molar-refractivity contribution in [1.29, 1.82) is 0 Å². The smallest absolute Gasteiger partial charge is 0.270 e. The second-order valence-electron chi connectivity index (χ2n) is 4.87. The van der Waals surface area contributed by atoms with Crippen LogP contribution < -0.4 is 0 Å². The molecule has 0 N–H and O–H groups in total. The maximum absolute atomic E-state index is 12.4. The van der Waals surface area contributed by atoms with Crippen molar-refractivity contribution in [3.8, 4) is 0 Å². The van der Waals surface area contributed by atoms with E-state index in [1.165, 1.54) is 18.2 Å². The van der Waals surface area contributed by atoms with Gasteiger partial charge in [-0.3, -0.25) is 19.7 Å². The summed E-state index contributed by atoms with van der Waals surface area (Å²) in [6.07, 6.45) is 4.93. The molecule has 1 aromatic carbocycles. The standard InChI is InChI=1S/C14H11NO4/c16-13-9-3-1-2-4-10(9)14(17)12-7-8(15(18)19)5-6-11(12)13/h1-2,5-7,9-10H,3-4H2. The Balaban J connectivity index is 2.14. The quantitative estimate of drug-likeness (QED) is 0.440. The van der Waals surface area contributed by atoms with Gasteiger partial charge in [0.1, 0.15) is 0 Å². The van der Waals surface area contributed by atoms with Crippen LogP contribution in [0.15, 0.2) is 30.4 Å². The van der Waals surface area contributed by atoms with Crippen molar-refractivity contribution < 1.29 is 14.5 Å². The maximum atomic E-state index is 12.4. The van der Waals surface area contributed by atoms with Gasteiger partial charge in [-0.25, -0.2) is 0 Å². The predicted octanol–water partition coefficient (Wildman–Crippen LogP) is 2.56. The van der Waals surface area contributed by atoms with E-state index in [9.17, 15) is 19.7 Å². The minimum atomic E-state index is -0.551. The van der Waals surface area contributed by atoms with E-state index in [0.717, 1.165) is 0 Å². The molecule has 3 rings (SSSR count). The zero-order chi connectivity index (χ0) is 13.6. The summed E-state index contributed by atoms with van der Waals surface area (Å²) in [5.41, 5.74) is 0.382. The number of hydrogen-bond donors (Lipinski definition) is 0. The van der Waals surface area contributed by atoms with Gasteiger partial charge in [-0.1, -0.05) is 12.2 Å². The molecule has 96 valence electrons. The number of nitro benzene ring substituents is 1. The van der Waals surface area contributed by atoms with Crippen LogP contribution in [0.3, 0.4) is 0 Å². The topological polar surface area (TPSA) is 77.3 Å². The molecule has 0 aliphatic heterocycles. The number of fused-ring (bicyclic) bond motifs is 2. The van der Waals surface area contributed by atoms with E-state index in [2.05, 4.69) is 0 Å². The van der Waals surface area contributed by atoms with Crippen molar-refractivity contribution in [3.05, 3.63) is 51.6 Å². The third-order valence-corrected chi connectivity index (χ3v) is 3.85. The van der Waals surface area contributed by atoms with Crippen molar-refractivity contribution in [1.82, 2.24) is 0 Å². The van der Waals surface area contributed by atoms with Gasteiger partial charge in [0.05, 0.1) is 4.92 Å². The zero-order valence-corrected chi connectivity index (χ0v) is 10.0. The molecule has 5 heteroatoms. The molecule has 0 heterocycles. The van der Waals surface area contributed by atoms with Crippen LogP contribution in [0, 0.1) is 22.0 Å². The largest absolute Gasteiger partial charge is 0.294 e. The van der Waals surface area contributed by atoms with Crippen LogP contribution in [0.4, 0.5) is 5.69 Å². The number of benzene rings is 1. The van der Waals surface area contributed by atoms with Crippen molar-refractivity contribution in [2.45, 2.75) is 12.8 Å². The van der Waals surface area contributed by atoms with Crippen LogP contribution in [0.2, 0.25) is 0 Å². The molecule has 0 spiro atoms. The lowest BCUT2D eigenvalue weighted by atomic mass is 9.69. The highest BCUT2D eigenvalue weighted by Gasteiger charge is 2.41. The van der Waals surface area contributed by atoms with E-state index < -0.39 is 4.92 Å². The first kappa shape index (κ1) is 11.8. The summed E-state index contributed by atoms with van der Waals surface area (Å²) in [4.78, 5) is 34.9. The van der Waals surface area contributed by atoms with E-state index in [0.29, 0.717) is 18.4 Å². The summed E-state index contributed by atoms with van der Waals surface area (Å²) in [6, 6.07) is 3.91. The molecule has 0 aromatic heterocycles. The third kappa shape index (κ3) is 1.69. The van der Waals surface area contributed by atoms with Gasteiger partial charge in [-0.2, -0.15) is 0 Å². The average Bonchev–Trinajstić information content (AvgIpc) is 2.44. The van der Waals surface area contributed by atoms with E-state index in [1.54, 1.807) is 0 Å². The Kier molecular flexibility index (Phi) is 2.55. The number of allylic oxidation sites excluding steroid dienone is 2. The highest BCUT2D eigenvalue weighted by atomic mass is 16.6. The Morgan fingerprint density at radius 3 is 2.16 bits per heavy atom. The van der Waals surface area contributed by atoms with Crippen molar-refractivity contribution >= 4 is 17.3 Å². The van der Waals surface area contributed by atoms with Crippen LogP contribution in [0.5, 0.6) is 0 Å². The third-order valence-electron chi connectivity index (χ3n) is 3.85. The van der Waals surface area contributed by atoms with Crippen molar-refractivity contribution in [3.63, 3.8) is 0 Å².